The molecular formula is C16H15BrN3OS+. The van der Waals surface area contributed by atoms with Crippen molar-refractivity contribution in [3.05, 3.63) is 45.1 Å². The molecule has 4 nitrogen and oxygen atoms in total. The molecule has 1 aliphatic heterocycles. The van der Waals surface area contributed by atoms with Crippen molar-refractivity contribution in [3.8, 4) is 0 Å². The fraction of sp³-hybridized carbons (Fsp3) is 0.250. The average molecular weight is 377 g/mol. The van der Waals surface area contributed by atoms with Gasteiger partial charge < -0.3 is 0 Å². The molecule has 112 valence electrons. The lowest BCUT2D eigenvalue weighted by Gasteiger charge is -2.11. The summed E-state index contributed by atoms with van der Waals surface area (Å²) < 4.78 is 5.36. The molecule has 0 saturated carbocycles. The van der Waals surface area contributed by atoms with E-state index < -0.39 is 0 Å². The Hall–Kier alpha value is -1.66. The molecule has 0 radical (unpaired) electrons. The van der Waals surface area contributed by atoms with Crippen molar-refractivity contribution >= 4 is 50.0 Å². The number of para-hydroxylation sites is 2. The zero-order valence-electron chi connectivity index (χ0n) is 11.9. The number of carbonyl (C=O) groups is 1. The minimum absolute atomic E-state index is 0.146. The molecule has 1 N–H and O–H groups in total. The summed E-state index contributed by atoms with van der Waals surface area (Å²) in [5.41, 5.74) is 2.29. The molecule has 1 aliphatic rings. The number of aromatic nitrogens is 2. The van der Waals surface area contributed by atoms with Gasteiger partial charge in [-0.25, -0.2) is 9.13 Å². The number of imidazole rings is 1. The van der Waals surface area contributed by atoms with E-state index in [-0.39, 0.29) is 5.78 Å². The SMILES string of the molecule is O=C(Cn1c2[n+](c3ccccc31)CCCN2)c1ccc(Br)s1. The molecule has 0 amide bonds. The summed E-state index contributed by atoms with van der Waals surface area (Å²) in [6.45, 7) is 2.31. The van der Waals surface area contributed by atoms with Gasteiger partial charge in [0.25, 0.3) is 0 Å². The molecule has 22 heavy (non-hydrogen) atoms. The highest BCUT2D eigenvalue weighted by Crippen LogP contribution is 2.25. The number of hydrogen-bond acceptors (Lipinski definition) is 3. The van der Waals surface area contributed by atoms with E-state index in [4.69, 9.17) is 0 Å². The molecule has 0 fully saturated rings. The maximum absolute atomic E-state index is 12.6. The van der Waals surface area contributed by atoms with Crippen molar-refractivity contribution in [2.24, 2.45) is 0 Å². The van der Waals surface area contributed by atoms with Gasteiger partial charge in [0.2, 0.25) is 5.78 Å². The number of Topliss-reactive ketones (excluding diaryl/α,β-unsaturated/α-hetero) is 1. The van der Waals surface area contributed by atoms with Crippen LogP contribution in [0.25, 0.3) is 11.0 Å². The number of benzene rings is 1. The van der Waals surface area contributed by atoms with Crippen LogP contribution in [0.5, 0.6) is 0 Å². The van der Waals surface area contributed by atoms with E-state index in [1.165, 1.54) is 16.9 Å². The molecule has 0 saturated heterocycles. The van der Waals surface area contributed by atoms with Crippen LogP contribution in [0.1, 0.15) is 16.1 Å². The van der Waals surface area contributed by atoms with Crippen LogP contribution in [0.3, 0.4) is 0 Å². The molecule has 0 unspecified atom stereocenters. The monoisotopic (exact) mass is 376 g/mol. The molecule has 1 aromatic carbocycles. The molecule has 0 aliphatic carbocycles. The summed E-state index contributed by atoms with van der Waals surface area (Å²) in [7, 11) is 0. The van der Waals surface area contributed by atoms with Gasteiger partial charge in [-0.05, 0) is 40.2 Å². The smallest absolute Gasteiger partial charge is 0.290 e. The summed E-state index contributed by atoms with van der Waals surface area (Å²) in [5.74, 6) is 1.18. The molecule has 4 rings (SSSR count). The number of aryl methyl sites for hydroxylation is 1. The second-order valence-electron chi connectivity index (χ2n) is 5.36. The van der Waals surface area contributed by atoms with E-state index in [0.29, 0.717) is 6.54 Å². The highest BCUT2D eigenvalue weighted by atomic mass is 79.9. The number of ketones is 1. The topological polar surface area (TPSA) is 37.9 Å². The van der Waals surface area contributed by atoms with Gasteiger partial charge in [-0.15, -0.1) is 11.3 Å². The van der Waals surface area contributed by atoms with E-state index in [9.17, 15) is 4.79 Å². The van der Waals surface area contributed by atoms with Crippen molar-refractivity contribution < 1.29 is 9.36 Å². The van der Waals surface area contributed by atoms with E-state index in [1.807, 2.05) is 24.3 Å². The minimum atomic E-state index is 0.146. The molecule has 2 aromatic heterocycles. The number of halogens is 1. The van der Waals surface area contributed by atoms with Crippen LogP contribution in [0.15, 0.2) is 40.2 Å². The van der Waals surface area contributed by atoms with Crippen molar-refractivity contribution in [2.45, 2.75) is 19.5 Å². The first-order chi connectivity index (χ1) is 10.7. The lowest BCUT2D eigenvalue weighted by atomic mass is 10.3. The maximum atomic E-state index is 12.6. The number of nitrogens with zero attached hydrogens (tertiary/aromatic N) is 2. The lowest BCUT2D eigenvalue weighted by molar-refractivity contribution is -0.661. The van der Waals surface area contributed by atoms with Crippen LogP contribution in [0, 0.1) is 0 Å². The van der Waals surface area contributed by atoms with Gasteiger partial charge in [-0.1, -0.05) is 12.1 Å². The predicted octanol–water partition coefficient (Wildman–Crippen LogP) is 3.45. The first-order valence-corrected chi connectivity index (χ1v) is 8.88. The van der Waals surface area contributed by atoms with Crippen LogP contribution >= 0.6 is 27.3 Å². The Bertz CT molecular complexity index is 868. The molecule has 0 bridgehead atoms. The highest BCUT2D eigenvalue weighted by Gasteiger charge is 2.27. The summed E-state index contributed by atoms with van der Waals surface area (Å²) >= 11 is 4.91. The van der Waals surface area contributed by atoms with Gasteiger partial charge in [0, 0.05) is 6.42 Å². The van der Waals surface area contributed by atoms with E-state index >= 15 is 0 Å². The fourth-order valence-corrected chi connectivity index (χ4v) is 4.31. The standard InChI is InChI=1S/C16H14BrN3OS/c17-15-7-6-14(22-15)13(21)10-20-12-5-2-1-4-11(12)19-9-3-8-18-16(19)20/h1-2,4-7H,3,8-10H2/p+1. The number of rotatable bonds is 3. The molecular weight excluding hydrogens is 362 g/mol. The molecule has 0 spiro atoms. The Morgan fingerprint density at radius 1 is 1.32 bits per heavy atom. The third kappa shape index (κ3) is 2.27. The Labute approximate surface area is 140 Å². The fourth-order valence-electron chi connectivity index (χ4n) is 2.99. The van der Waals surface area contributed by atoms with Crippen LogP contribution in [0.2, 0.25) is 0 Å². The second-order valence-corrected chi connectivity index (χ2v) is 7.82. The Morgan fingerprint density at radius 3 is 3.00 bits per heavy atom. The summed E-state index contributed by atoms with van der Waals surface area (Å²) in [6.07, 6.45) is 1.11. The first kappa shape index (κ1) is 14.0. The van der Waals surface area contributed by atoms with Crippen molar-refractivity contribution in [2.75, 3.05) is 11.9 Å². The highest BCUT2D eigenvalue weighted by molar-refractivity contribution is 9.11. The Kier molecular flexibility index (Phi) is 3.50. The number of carbonyl (C=O) groups excluding carboxylic acids is 1. The number of nitrogens with one attached hydrogen (secondary N) is 1. The summed E-state index contributed by atoms with van der Waals surface area (Å²) in [5, 5.41) is 3.45. The lowest BCUT2D eigenvalue weighted by Crippen LogP contribution is -2.42. The summed E-state index contributed by atoms with van der Waals surface area (Å²) in [4.78, 5) is 13.4. The van der Waals surface area contributed by atoms with Crippen LogP contribution in [-0.4, -0.2) is 16.9 Å². The molecule has 3 heterocycles. The molecule has 6 heteroatoms. The molecule has 0 atom stereocenters. The van der Waals surface area contributed by atoms with Crippen molar-refractivity contribution in [3.63, 3.8) is 0 Å². The van der Waals surface area contributed by atoms with E-state index in [2.05, 4.69) is 42.5 Å². The third-order valence-electron chi connectivity index (χ3n) is 3.97. The summed E-state index contributed by atoms with van der Waals surface area (Å²) in [6, 6.07) is 12.1. The number of fused-ring (bicyclic) bond motifs is 3. The largest absolute Gasteiger partial charge is 0.358 e. The third-order valence-corrected chi connectivity index (χ3v) is 5.63. The van der Waals surface area contributed by atoms with Crippen LogP contribution in [0.4, 0.5) is 5.95 Å². The average Bonchev–Trinajstić information content (AvgIpc) is 3.11. The van der Waals surface area contributed by atoms with Crippen molar-refractivity contribution in [1.82, 2.24) is 4.57 Å². The van der Waals surface area contributed by atoms with Crippen LogP contribution < -0.4 is 9.88 Å². The normalized spacial score (nSPS) is 13.9. The van der Waals surface area contributed by atoms with Gasteiger partial charge in [0.1, 0.15) is 17.6 Å². The zero-order valence-corrected chi connectivity index (χ0v) is 14.3. The quantitative estimate of drug-likeness (QED) is 0.561. The number of anilines is 1. The van der Waals surface area contributed by atoms with Gasteiger partial charge in [0.15, 0.2) is 0 Å². The first-order valence-electron chi connectivity index (χ1n) is 7.27. The predicted molar refractivity (Wildman–Crippen MR) is 91.6 cm³/mol. The Balaban J connectivity index is 1.79. The minimum Gasteiger partial charge on any atom is -0.290 e. The van der Waals surface area contributed by atoms with Crippen molar-refractivity contribution in [1.29, 1.82) is 0 Å². The zero-order chi connectivity index (χ0) is 15.1. The Morgan fingerprint density at radius 2 is 2.18 bits per heavy atom. The second kappa shape index (κ2) is 5.52. The van der Waals surface area contributed by atoms with Gasteiger partial charge in [-0.3, -0.25) is 10.1 Å². The van der Waals surface area contributed by atoms with Gasteiger partial charge in [-0.2, -0.15) is 0 Å². The number of hydrogen-bond donors (Lipinski definition) is 1. The number of thiophene rings is 1. The van der Waals surface area contributed by atoms with E-state index in [1.54, 1.807) is 0 Å². The molecule has 3 aromatic rings. The van der Waals surface area contributed by atoms with Crippen LogP contribution in [-0.2, 0) is 13.1 Å². The van der Waals surface area contributed by atoms with Gasteiger partial charge >= 0.3 is 5.95 Å². The van der Waals surface area contributed by atoms with Gasteiger partial charge in [0.05, 0.1) is 21.8 Å². The van der Waals surface area contributed by atoms with E-state index in [0.717, 1.165) is 39.6 Å². The maximum Gasteiger partial charge on any atom is 0.358 e.